The second-order valence-corrected chi connectivity index (χ2v) is 8.71. The van der Waals surface area contributed by atoms with E-state index in [0.29, 0.717) is 17.1 Å². The molecule has 0 aliphatic carbocycles. The summed E-state index contributed by atoms with van der Waals surface area (Å²) in [4.78, 5) is 0.177. The van der Waals surface area contributed by atoms with Crippen molar-refractivity contribution in [2.75, 3.05) is 24.6 Å². The molecule has 1 fully saturated rings. The molecule has 1 aromatic rings. The van der Waals surface area contributed by atoms with Gasteiger partial charge >= 0.3 is 0 Å². The third-order valence-corrected chi connectivity index (χ3v) is 6.86. The van der Waals surface area contributed by atoms with Crippen molar-refractivity contribution in [2.45, 2.75) is 4.90 Å². The van der Waals surface area contributed by atoms with Crippen molar-refractivity contribution in [3.8, 4) is 0 Å². The minimum absolute atomic E-state index is 0.0202. The van der Waals surface area contributed by atoms with Crippen LogP contribution in [-0.4, -0.2) is 46.5 Å². The van der Waals surface area contributed by atoms with E-state index in [1.54, 1.807) is 0 Å². The highest BCUT2D eigenvalue weighted by atomic mass is 35.5. The van der Waals surface area contributed by atoms with E-state index < -0.39 is 20.8 Å². The third kappa shape index (κ3) is 3.20. The van der Waals surface area contributed by atoms with E-state index >= 15 is 0 Å². The van der Waals surface area contributed by atoms with E-state index in [-0.39, 0.29) is 28.0 Å². The van der Waals surface area contributed by atoms with Crippen LogP contribution in [0.5, 0.6) is 0 Å². The lowest BCUT2D eigenvalue weighted by Crippen LogP contribution is -2.41. The van der Waals surface area contributed by atoms with Gasteiger partial charge in [-0.25, -0.2) is 8.42 Å². The molecule has 2 rings (SSSR count). The first-order chi connectivity index (χ1) is 9.32. The Morgan fingerprint density at radius 2 is 1.95 bits per heavy atom. The molecule has 0 saturated carbocycles. The number of sulfonamides is 1. The van der Waals surface area contributed by atoms with Crippen LogP contribution < -0.4 is 5.73 Å². The Kier molecular flexibility index (Phi) is 4.80. The van der Waals surface area contributed by atoms with Gasteiger partial charge in [0.25, 0.3) is 0 Å². The minimum Gasteiger partial charge on any atom is -0.389 e. The van der Waals surface area contributed by atoms with Crippen LogP contribution in [0.15, 0.2) is 23.1 Å². The molecule has 20 heavy (non-hydrogen) atoms. The molecule has 1 aromatic carbocycles. The summed E-state index contributed by atoms with van der Waals surface area (Å²) in [6.07, 6.45) is 0. The van der Waals surface area contributed by atoms with E-state index in [1.807, 2.05) is 0 Å². The van der Waals surface area contributed by atoms with Crippen molar-refractivity contribution >= 4 is 49.6 Å². The van der Waals surface area contributed by atoms with Gasteiger partial charge in [0.1, 0.15) is 9.88 Å². The van der Waals surface area contributed by atoms with Gasteiger partial charge in [-0.3, -0.25) is 4.21 Å². The molecule has 1 aliphatic heterocycles. The van der Waals surface area contributed by atoms with Crippen LogP contribution in [0.2, 0.25) is 5.02 Å². The smallest absolute Gasteiger partial charge is 0.244 e. The Morgan fingerprint density at radius 1 is 1.35 bits per heavy atom. The molecule has 9 heteroatoms. The van der Waals surface area contributed by atoms with E-state index in [4.69, 9.17) is 29.6 Å². The van der Waals surface area contributed by atoms with Crippen molar-refractivity contribution < 1.29 is 12.6 Å². The van der Waals surface area contributed by atoms with Crippen LogP contribution in [0.1, 0.15) is 5.56 Å². The van der Waals surface area contributed by atoms with Crippen LogP contribution in [0.25, 0.3) is 0 Å². The second kappa shape index (κ2) is 6.07. The molecule has 0 radical (unpaired) electrons. The number of thiocarbonyl (C=S) groups is 1. The topological polar surface area (TPSA) is 80.5 Å². The van der Waals surface area contributed by atoms with Crippen LogP contribution in [0.3, 0.4) is 0 Å². The molecule has 1 heterocycles. The summed E-state index contributed by atoms with van der Waals surface area (Å²) < 4.78 is 37.5. The zero-order chi connectivity index (χ0) is 14.9. The first kappa shape index (κ1) is 15.8. The number of rotatable bonds is 3. The molecule has 0 spiro atoms. The van der Waals surface area contributed by atoms with E-state index in [0.717, 1.165) is 0 Å². The van der Waals surface area contributed by atoms with Crippen LogP contribution in [-0.2, 0) is 20.8 Å². The fourth-order valence-electron chi connectivity index (χ4n) is 1.86. The molecule has 0 bridgehead atoms. The summed E-state index contributed by atoms with van der Waals surface area (Å²) in [5.74, 6) is 0.698. The molecule has 1 saturated heterocycles. The number of hydrogen-bond donors (Lipinski definition) is 1. The molecule has 0 aromatic heterocycles. The Bertz CT molecular complexity index is 665. The maximum Gasteiger partial charge on any atom is 0.244 e. The Balaban J connectivity index is 2.35. The van der Waals surface area contributed by atoms with E-state index in [1.165, 1.54) is 22.5 Å². The standard InChI is InChI=1S/C11H13ClN2O3S3/c12-9-7-8(11(13)18)1-2-10(9)20(16,17)14-3-5-19(15)6-4-14/h1-2,7H,3-6H2,(H2,13,18). The quantitative estimate of drug-likeness (QED) is 0.811. The zero-order valence-electron chi connectivity index (χ0n) is 10.4. The molecular formula is C11H13ClN2O3S3. The first-order valence-electron chi connectivity index (χ1n) is 5.77. The van der Waals surface area contributed by atoms with Gasteiger partial charge in [-0.1, -0.05) is 29.9 Å². The monoisotopic (exact) mass is 352 g/mol. The Labute approximate surface area is 130 Å². The predicted molar refractivity (Wildman–Crippen MR) is 84.0 cm³/mol. The highest BCUT2D eigenvalue weighted by molar-refractivity contribution is 7.89. The highest BCUT2D eigenvalue weighted by Crippen LogP contribution is 2.26. The first-order valence-corrected chi connectivity index (χ1v) is 9.48. The third-order valence-electron chi connectivity index (χ3n) is 2.97. The summed E-state index contributed by atoms with van der Waals surface area (Å²) in [6, 6.07) is 4.37. The molecule has 0 atom stereocenters. The van der Waals surface area contributed by atoms with Crippen LogP contribution in [0, 0.1) is 0 Å². The molecule has 5 nitrogen and oxygen atoms in total. The van der Waals surface area contributed by atoms with E-state index in [9.17, 15) is 12.6 Å². The van der Waals surface area contributed by atoms with Crippen molar-refractivity contribution in [1.29, 1.82) is 0 Å². The van der Waals surface area contributed by atoms with Gasteiger partial charge in [-0.2, -0.15) is 4.31 Å². The Hall–Kier alpha value is -0.540. The number of benzene rings is 1. The largest absolute Gasteiger partial charge is 0.389 e. The van der Waals surface area contributed by atoms with E-state index in [2.05, 4.69) is 0 Å². The average Bonchev–Trinajstić information content (AvgIpc) is 2.38. The minimum atomic E-state index is -3.68. The lowest BCUT2D eigenvalue weighted by Gasteiger charge is -2.26. The molecule has 110 valence electrons. The summed E-state index contributed by atoms with van der Waals surface area (Å²) in [6.45, 7) is 0.477. The van der Waals surface area contributed by atoms with Gasteiger partial charge in [0.15, 0.2) is 0 Å². The second-order valence-electron chi connectivity index (χ2n) is 4.26. The lowest BCUT2D eigenvalue weighted by atomic mass is 10.2. The molecular weight excluding hydrogens is 340 g/mol. The number of nitrogens with zero attached hydrogens (tertiary/aromatic N) is 1. The van der Waals surface area contributed by atoms with Crippen molar-refractivity contribution in [3.63, 3.8) is 0 Å². The van der Waals surface area contributed by atoms with Crippen molar-refractivity contribution in [3.05, 3.63) is 28.8 Å². The zero-order valence-corrected chi connectivity index (χ0v) is 13.6. The fraction of sp³-hybridized carbons (Fsp3) is 0.364. The van der Waals surface area contributed by atoms with Gasteiger partial charge < -0.3 is 5.73 Å². The highest BCUT2D eigenvalue weighted by Gasteiger charge is 2.29. The number of nitrogens with two attached hydrogens (primary N) is 1. The van der Waals surface area contributed by atoms with Crippen molar-refractivity contribution in [2.24, 2.45) is 5.73 Å². The van der Waals surface area contributed by atoms with Gasteiger partial charge in [0, 0.05) is 41.0 Å². The average molecular weight is 353 g/mol. The lowest BCUT2D eigenvalue weighted by molar-refractivity contribution is 0.439. The summed E-state index contributed by atoms with van der Waals surface area (Å²) in [7, 11) is -4.62. The predicted octanol–water partition coefficient (Wildman–Crippen LogP) is 0.727. The maximum atomic E-state index is 12.5. The van der Waals surface area contributed by atoms with Gasteiger partial charge in [-0.15, -0.1) is 0 Å². The van der Waals surface area contributed by atoms with Crippen LogP contribution in [0.4, 0.5) is 0 Å². The fourth-order valence-corrected chi connectivity index (χ4v) is 5.23. The normalized spacial score (nSPS) is 18.1. The van der Waals surface area contributed by atoms with Gasteiger partial charge in [-0.05, 0) is 12.1 Å². The van der Waals surface area contributed by atoms with Crippen molar-refractivity contribution in [1.82, 2.24) is 4.31 Å². The number of halogens is 1. The molecule has 0 unspecified atom stereocenters. The summed E-state index contributed by atoms with van der Waals surface area (Å²) in [5, 5.41) is 0.0852. The summed E-state index contributed by atoms with van der Waals surface area (Å²) >= 11 is 10.8. The molecule has 2 N–H and O–H groups in total. The molecule has 0 amide bonds. The van der Waals surface area contributed by atoms with Crippen LogP contribution >= 0.6 is 23.8 Å². The van der Waals surface area contributed by atoms with Gasteiger partial charge in [0.2, 0.25) is 10.0 Å². The van der Waals surface area contributed by atoms with Gasteiger partial charge in [0.05, 0.1) is 5.02 Å². The SMILES string of the molecule is NC(=S)c1ccc(S(=O)(=O)N2CCS(=O)CC2)c(Cl)c1. The molecule has 1 aliphatic rings. The Morgan fingerprint density at radius 3 is 2.45 bits per heavy atom. The number of hydrogen-bond acceptors (Lipinski definition) is 4. The summed E-state index contributed by atoms with van der Waals surface area (Å²) in [5.41, 5.74) is 6.00. The maximum absolute atomic E-state index is 12.5.